The molecule has 1 aromatic rings. The normalized spacial score (nSPS) is 13.4. The maximum atomic E-state index is 13.9. The van der Waals surface area contributed by atoms with Crippen LogP contribution in [-0.4, -0.2) is 30.2 Å². The van der Waals surface area contributed by atoms with Crippen LogP contribution >= 0.6 is 0 Å². The van der Waals surface area contributed by atoms with Gasteiger partial charge in [-0.25, -0.2) is 9.18 Å². The van der Waals surface area contributed by atoms with E-state index in [9.17, 15) is 23.6 Å². The summed E-state index contributed by atoms with van der Waals surface area (Å²) in [6.45, 7) is 0.907. The van der Waals surface area contributed by atoms with Crippen LogP contribution < -0.4 is 16.0 Å². The summed E-state index contributed by atoms with van der Waals surface area (Å²) < 4.78 is 13.9. The second-order valence-corrected chi connectivity index (χ2v) is 4.28. The Morgan fingerprint density at radius 2 is 2.00 bits per heavy atom. The third-order valence-electron chi connectivity index (χ3n) is 2.73. The topological polar surface area (TPSA) is 110 Å². The largest absolute Gasteiger partial charge is 0.351 e. The molecule has 1 heterocycles. The monoisotopic (exact) mass is 279 g/mol. The van der Waals surface area contributed by atoms with Gasteiger partial charge in [-0.05, 0) is 24.6 Å². The summed E-state index contributed by atoms with van der Waals surface area (Å²) >= 11 is 0. The van der Waals surface area contributed by atoms with Gasteiger partial charge in [0.25, 0.3) is 11.7 Å². The predicted molar refractivity (Wildman–Crippen MR) is 65.5 cm³/mol. The first-order valence-corrected chi connectivity index (χ1v) is 5.57. The summed E-state index contributed by atoms with van der Waals surface area (Å²) in [5.74, 6) is -3.61. The van der Waals surface area contributed by atoms with Crippen molar-refractivity contribution in [2.75, 3.05) is 11.4 Å². The number of halogens is 1. The molecule has 0 spiro atoms. The summed E-state index contributed by atoms with van der Waals surface area (Å²) in [6, 6.07) is 1.41. The SMILES string of the molecule is Cc1cc(F)c2c(c1)C(=O)C(=O)N2CC(=O)NC(N)=O. The maximum absolute atomic E-state index is 13.9. The van der Waals surface area contributed by atoms with E-state index >= 15 is 0 Å². The highest BCUT2D eigenvalue weighted by Crippen LogP contribution is 2.32. The fourth-order valence-corrected chi connectivity index (χ4v) is 1.99. The number of fused-ring (bicyclic) bond motifs is 1. The third kappa shape index (κ3) is 2.22. The van der Waals surface area contributed by atoms with E-state index in [0.717, 1.165) is 6.07 Å². The molecule has 0 saturated carbocycles. The lowest BCUT2D eigenvalue weighted by Gasteiger charge is -2.16. The highest BCUT2D eigenvalue weighted by molar-refractivity contribution is 6.52. The molecule has 8 heteroatoms. The molecule has 20 heavy (non-hydrogen) atoms. The first-order valence-electron chi connectivity index (χ1n) is 5.57. The molecular weight excluding hydrogens is 269 g/mol. The number of nitrogens with two attached hydrogens (primary N) is 1. The molecule has 1 aliphatic heterocycles. The third-order valence-corrected chi connectivity index (χ3v) is 2.73. The van der Waals surface area contributed by atoms with Crippen LogP contribution in [0.2, 0.25) is 0 Å². The minimum absolute atomic E-state index is 0.0978. The highest BCUT2D eigenvalue weighted by Gasteiger charge is 2.39. The van der Waals surface area contributed by atoms with E-state index in [0.29, 0.717) is 10.5 Å². The van der Waals surface area contributed by atoms with Crippen molar-refractivity contribution in [2.24, 2.45) is 5.73 Å². The fraction of sp³-hybridized carbons (Fsp3) is 0.167. The van der Waals surface area contributed by atoms with Gasteiger partial charge in [-0.3, -0.25) is 24.6 Å². The second-order valence-electron chi connectivity index (χ2n) is 4.28. The van der Waals surface area contributed by atoms with Crippen molar-refractivity contribution in [1.29, 1.82) is 0 Å². The van der Waals surface area contributed by atoms with Crippen molar-refractivity contribution in [2.45, 2.75) is 6.92 Å². The van der Waals surface area contributed by atoms with Gasteiger partial charge in [0.2, 0.25) is 5.91 Å². The van der Waals surface area contributed by atoms with Gasteiger partial charge in [-0.2, -0.15) is 0 Å². The first-order chi connectivity index (χ1) is 9.31. The lowest BCUT2D eigenvalue weighted by molar-refractivity contribution is -0.121. The van der Waals surface area contributed by atoms with E-state index in [2.05, 4.69) is 0 Å². The molecule has 0 bridgehead atoms. The van der Waals surface area contributed by atoms with Gasteiger partial charge in [0.1, 0.15) is 12.4 Å². The van der Waals surface area contributed by atoms with Crippen molar-refractivity contribution in [3.8, 4) is 0 Å². The van der Waals surface area contributed by atoms with Crippen LogP contribution in [0.3, 0.4) is 0 Å². The number of nitrogens with one attached hydrogen (secondary N) is 1. The lowest BCUT2D eigenvalue weighted by Crippen LogP contribution is -2.44. The van der Waals surface area contributed by atoms with Crippen LogP contribution in [0, 0.1) is 12.7 Å². The molecule has 1 aromatic carbocycles. The Bertz CT molecular complexity index is 656. The maximum Gasteiger partial charge on any atom is 0.318 e. The number of nitrogens with zero attached hydrogens (tertiary/aromatic N) is 1. The molecule has 0 radical (unpaired) electrons. The Morgan fingerprint density at radius 3 is 2.60 bits per heavy atom. The number of amides is 4. The Hall–Kier alpha value is -2.77. The Kier molecular flexibility index (Phi) is 3.23. The average molecular weight is 279 g/mol. The fourth-order valence-electron chi connectivity index (χ4n) is 1.99. The zero-order valence-electron chi connectivity index (χ0n) is 10.4. The number of carbonyl (C=O) groups is 4. The number of rotatable bonds is 2. The smallest absolute Gasteiger partial charge is 0.318 e. The number of carbonyl (C=O) groups excluding carboxylic acids is 4. The van der Waals surface area contributed by atoms with Crippen LogP contribution in [0.1, 0.15) is 15.9 Å². The molecule has 0 saturated heterocycles. The Labute approximate surface area is 112 Å². The van der Waals surface area contributed by atoms with Gasteiger partial charge in [0, 0.05) is 0 Å². The minimum Gasteiger partial charge on any atom is -0.351 e. The van der Waals surface area contributed by atoms with Gasteiger partial charge < -0.3 is 5.73 Å². The van der Waals surface area contributed by atoms with Crippen molar-refractivity contribution >= 4 is 29.3 Å². The molecule has 3 N–H and O–H groups in total. The molecule has 1 aliphatic rings. The predicted octanol–water partition coefficient (Wildman–Crippen LogP) is -0.142. The summed E-state index contributed by atoms with van der Waals surface area (Å²) in [5.41, 5.74) is 4.88. The number of urea groups is 1. The van der Waals surface area contributed by atoms with Gasteiger partial charge in [0.05, 0.1) is 11.3 Å². The summed E-state index contributed by atoms with van der Waals surface area (Å²) in [6.07, 6.45) is 0. The van der Waals surface area contributed by atoms with E-state index in [-0.39, 0.29) is 11.3 Å². The summed E-state index contributed by atoms with van der Waals surface area (Å²) in [7, 11) is 0. The van der Waals surface area contributed by atoms with Crippen LogP contribution in [0.5, 0.6) is 0 Å². The Balaban J connectivity index is 2.38. The molecular formula is C12H10FN3O4. The molecule has 0 atom stereocenters. The lowest BCUT2D eigenvalue weighted by atomic mass is 10.1. The number of ketones is 1. The van der Waals surface area contributed by atoms with E-state index < -0.39 is 36.0 Å². The van der Waals surface area contributed by atoms with Gasteiger partial charge in [-0.1, -0.05) is 0 Å². The number of Topliss-reactive ketones (excluding diaryl/α,β-unsaturated/α-hetero) is 1. The van der Waals surface area contributed by atoms with Crippen molar-refractivity contribution in [3.05, 3.63) is 29.1 Å². The quantitative estimate of drug-likeness (QED) is 0.734. The highest BCUT2D eigenvalue weighted by atomic mass is 19.1. The van der Waals surface area contributed by atoms with E-state index in [1.807, 2.05) is 0 Å². The van der Waals surface area contributed by atoms with Crippen molar-refractivity contribution in [1.82, 2.24) is 5.32 Å². The molecule has 0 aromatic heterocycles. The van der Waals surface area contributed by atoms with Crippen LogP contribution in [0.4, 0.5) is 14.9 Å². The zero-order valence-corrected chi connectivity index (χ0v) is 10.4. The standard InChI is InChI=1S/C12H10FN3O4/c1-5-2-6-9(7(13)3-5)16(11(19)10(6)18)4-8(17)15-12(14)20/h2-3H,4H2,1H3,(H3,14,15,17,20). The molecule has 104 valence electrons. The number of primary amides is 1. The number of aryl methyl sites for hydroxylation is 1. The molecule has 7 nitrogen and oxygen atoms in total. The van der Waals surface area contributed by atoms with E-state index in [1.54, 1.807) is 12.2 Å². The number of hydrogen-bond donors (Lipinski definition) is 2. The van der Waals surface area contributed by atoms with Crippen molar-refractivity contribution < 1.29 is 23.6 Å². The van der Waals surface area contributed by atoms with Crippen LogP contribution in [0.15, 0.2) is 12.1 Å². The molecule has 2 rings (SSSR count). The Morgan fingerprint density at radius 1 is 1.35 bits per heavy atom. The van der Waals surface area contributed by atoms with Crippen molar-refractivity contribution in [3.63, 3.8) is 0 Å². The average Bonchev–Trinajstić information content (AvgIpc) is 2.53. The molecule has 0 aliphatic carbocycles. The number of anilines is 1. The number of benzene rings is 1. The number of imide groups is 1. The molecule has 0 fully saturated rings. The number of hydrogen-bond acceptors (Lipinski definition) is 4. The van der Waals surface area contributed by atoms with Gasteiger partial charge in [0.15, 0.2) is 0 Å². The van der Waals surface area contributed by atoms with E-state index in [1.165, 1.54) is 6.07 Å². The second kappa shape index (κ2) is 4.72. The summed E-state index contributed by atoms with van der Waals surface area (Å²) in [5, 5.41) is 1.74. The molecule has 0 unspecified atom stereocenters. The first kappa shape index (κ1) is 13.7. The molecule has 4 amide bonds. The van der Waals surface area contributed by atoms with E-state index in [4.69, 9.17) is 5.73 Å². The van der Waals surface area contributed by atoms with Gasteiger partial charge in [-0.15, -0.1) is 0 Å². The zero-order chi connectivity index (χ0) is 15.0. The van der Waals surface area contributed by atoms with Crippen LogP contribution in [-0.2, 0) is 9.59 Å². The van der Waals surface area contributed by atoms with Gasteiger partial charge >= 0.3 is 6.03 Å². The minimum atomic E-state index is -1.10. The van der Waals surface area contributed by atoms with Crippen LogP contribution in [0.25, 0.3) is 0 Å². The summed E-state index contributed by atoms with van der Waals surface area (Å²) in [4.78, 5) is 46.1.